The first-order valence-electron chi connectivity index (χ1n) is 4.20. The van der Waals surface area contributed by atoms with Gasteiger partial charge in [-0.25, -0.2) is 0 Å². The molecule has 0 saturated carbocycles. The van der Waals surface area contributed by atoms with Crippen molar-refractivity contribution in [1.82, 2.24) is 0 Å². The van der Waals surface area contributed by atoms with Crippen LogP contribution >= 0.6 is 15.9 Å². The van der Waals surface area contributed by atoms with Gasteiger partial charge >= 0.3 is 0 Å². The molecule has 1 aromatic carbocycles. The molecule has 0 aliphatic rings. The summed E-state index contributed by atoms with van der Waals surface area (Å²) in [6.07, 6.45) is 0. The predicted molar refractivity (Wildman–Crippen MR) is 57.7 cm³/mol. The second kappa shape index (κ2) is 5.59. The van der Waals surface area contributed by atoms with Gasteiger partial charge in [0.25, 0.3) is 0 Å². The van der Waals surface area contributed by atoms with Crippen molar-refractivity contribution in [2.75, 3.05) is 13.7 Å². The number of ether oxygens (including phenoxy) is 2. The summed E-state index contributed by atoms with van der Waals surface area (Å²) in [5, 5.41) is 17.4. The molecule has 0 fully saturated rings. The average molecular weight is 272 g/mol. The Morgan fingerprint density at radius 1 is 1.53 bits per heavy atom. The average Bonchev–Trinajstić information content (AvgIpc) is 2.26. The Kier molecular flexibility index (Phi) is 4.40. The van der Waals surface area contributed by atoms with Gasteiger partial charge < -0.3 is 14.6 Å². The zero-order chi connectivity index (χ0) is 11.3. The van der Waals surface area contributed by atoms with Crippen molar-refractivity contribution in [2.24, 2.45) is 0 Å². The van der Waals surface area contributed by atoms with Crippen molar-refractivity contribution in [3.63, 3.8) is 0 Å². The molecule has 0 aromatic heterocycles. The summed E-state index contributed by atoms with van der Waals surface area (Å²) in [6.45, 7) is -0.124. The zero-order valence-corrected chi connectivity index (χ0v) is 9.74. The largest absolute Gasteiger partial charge is 0.493 e. The van der Waals surface area contributed by atoms with Crippen LogP contribution in [0.3, 0.4) is 0 Å². The van der Waals surface area contributed by atoms with Gasteiger partial charge in [-0.3, -0.25) is 0 Å². The van der Waals surface area contributed by atoms with Gasteiger partial charge in [0.2, 0.25) is 0 Å². The van der Waals surface area contributed by atoms with Crippen molar-refractivity contribution in [3.05, 3.63) is 22.2 Å². The fourth-order valence-corrected chi connectivity index (χ4v) is 1.71. The van der Waals surface area contributed by atoms with Crippen LogP contribution in [0.5, 0.6) is 11.5 Å². The van der Waals surface area contributed by atoms with Crippen molar-refractivity contribution in [3.8, 4) is 17.6 Å². The molecule has 0 amide bonds. The quantitative estimate of drug-likeness (QED) is 0.908. The van der Waals surface area contributed by atoms with Gasteiger partial charge in [-0.05, 0) is 33.6 Å². The minimum atomic E-state index is -0.0759. The Morgan fingerprint density at radius 3 is 2.80 bits per heavy atom. The summed E-state index contributed by atoms with van der Waals surface area (Å²) in [6, 6.07) is 5.26. The molecule has 0 unspecified atom stereocenters. The Morgan fingerprint density at radius 2 is 2.27 bits per heavy atom. The van der Waals surface area contributed by atoms with E-state index in [4.69, 9.17) is 19.8 Å². The van der Waals surface area contributed by atoms with E-state index in [0.717, 1.165) is 0 Å². The topological polar surface area (TPSA) is 62.5 Å². The SMILES string of the molecule is COc1cc(CO)cc(Br)c1OCC#N. The monoisotopic (exact) mass is 271 g/mol. The van der Waals surface area contributed by atoms with E-state index in [1.165, 1.54) is 7.11 Å². The van der Waals surface area contributed by atoms with E-state index in [2.05, 4.69) is 15.9 Å². The predicted octanol–water partition coefficient (Wildman–Crippen LogP) is 1.85. The van der Waals surface area contributed by atoms with Gasteiger partial charge in [0.15, 0.2) is 18.1 Å². The maximum absolute atomic E-state index is 8.98. The molecule has 1 aromatic rings. The number of benzene rings is 1. The highest BCUT2D eigenvalue weighted by molar-refractivity contribution is 9.10. The summed E-state index contributed by atoms with van der Waals surface area (Å²) in [7, 11) is 1.50. The first-order valence-corrected chi connectivity index (χ1v) is 4.99. The number of rotatable bonds is 4. The van der Waals surface area contributed by atoms with Crippen LogP contribution in [0.4, 0.5) is 0 Å². The third-order valence-electron chi connectivity index (χ3n) is 1.75. The molecule has 0 bridgehead atoms. The lowest BCUT2D eigenvalue weighted by molar-refractivity contribution is 0.279. The third kappa shape index (κ3) is 2.85. The van der Waals surface area contributed by atoms with Gasteiger partial charge in [0.1, 0.15) is 6.07 Å². The molecule has 0 spiro atoms. The van der Waals surface area contributed by atoms with E-state index < -0.39 is 0 Å². The van der Waals surface area contributed by atoms with E-state index in [0.29, 0.717) is 21.5 Å². The molecular formula is C10H10BrNO3. The maximum Gasteiger partial charge on any atom is 0.176 e. The van der Waals surface area contributed by atoms with Crippen LogP contribution in [0.25, 0.3) is 0 Å². The van der Waals surface area contributed by atoms with Crippen molar-refractivity contribution < 1.29 is 14.6 Å². The van der Waals surface area contributed by atoms with E-state index in [-0.39, 0.29) is 13.2 Å². The van der Waals surface area contributed by atoms with Crippen molar-refractivity contribution in [1.29, 1.82) is 5.26 Å². The second-order valence-electron chi connectivity index (χ2n) is 2.71. The summed E-state index contributed by atoms with van der Waals surface area (Å²) < 4.78 is 10.9. The van der Waals surface area contributed by atoms with Gasteiger partial charge in [-0.2, -0.15) is 5.26 Å². The van der Waals surface area contributed by atoms with Crippen LogP contribution < -0.4 is 9.47 Å². The minimum absolute atomic E-state index is 0.0482. The Bertz CT molecular complexity index is 387. The van der Waals surface area contributed by atoms with E-state index in [1.807, 2.05) is 6.07 Å². The van der Waals surface area contributed by atoms with E-state index >= 15 is 0 Å². The molecule has 5 heteroatoms. The molecule has 0 atom stereocenters. The number of aliphatic hydroxyl groups is 1. The lowest BCUT2D eigenvalue weighted by atomic mass is 10.2. The molecule has 0 aliphatic carbocycles. The highest BCUT2D eigenvalue weighted by Crippen LogP contribution is 2.36. The molecule has 0 heterocycles. The van der Waals surface area contributed by atoms with Crippen LogP contribution in [0.15, 0.2) is 16.6 Å². The number of nitrogens with zero attached hydrogens (tertiary/aromatic N) is 1. The number of aliphatic hydroxyl groups excluding tert-OH is 1. The molecule has 4 nitrogen and oxygen atoms in total. The highest BCUT2D eigenvalue weighted by atomic mass is 79.9. The van der Waals surface area contributed by atoms with Crippen molar-refractivity contribution in [2.45, 2.75) is 6.61 Å². The number of hydrogen-bond donors (Lipinski definition) is 1. The van der Waals surface area contributed by atoms with Crippen LogP contribution in [0.2, 0.25) is 0 Å². The first-order chi connectivity index (χ1) is 7.22. The summed E-state index contributed by atoms with van der Waals surface area (Å²) >= 11 is 3.28. The molecule has 15 heavy (non-hydrogen) atoms. The summed E-state index contributed by atoms with van der Waals surface area (Å²) in [5.74, 6) is 0.958. The smallest absolute Gasteiger partial charge is 0.176 e. The van der Waals surface area contributed by atoms with Crippen LogP contribution in [0, 0.1) is 11.3 Å². The summed E-state index contributed by atoms with van der Waals surface area (Å²) in [4.78, 5) is 0. The number of hydrogen-bond acceptors (Lipinski definition) is 4. The molecule has 1 rings (SSSR count). The number of methoxy groups -OCH3 is 1. The Labute approximate surface area is 96.2 Å². The molecule has 1 N–H and O–H groups in total. The summed E-state index contributed by atoms with van der Waals surface area (Å²) in [5.41, 5.74) is 0.711. The Hall–Kier alpha value is -1.25. The molecule has 80 valence electrons. The number of nitriles is 1. The lowest BCUT2D eigenvalue weighted by Gasteiger charge is -2.11. The van der Waals surface area contributed by atoms with Crippen LogP contribution in [-0.2, 0) is 6.61 Å². The van der Waals surface area contributed by atoms with Gasteiger partial charge in [0.05, 0.1) is 18.2 Å². The van der Waals surface area contributed by atoms with Gasteiger partial charge in [-0.15, -0.1) is 0 Å². The van der Waals surface area contributed by atoms with Gasteiger partial charge in [-0.1, -0.05) is 0 Å². The van der Waals surface area contributed by atoms with E-state index in [1.54, 1.807) is 12.1 Å². The minimum Gasteiger partial charge on any atom is -0.493 e. The van der Waals surface area contributed by atoms with Gasteiger partial charge in [0, 0.05) is 0 Å². The fourth-order valence-electron chi connectivity index (χ4n) is 1.11. The van der Waals surface area contributed by atoms with Crippen LogP contribution in [0.1, 0.15) is 5.56 Å². The zero-order valence-electron chi connectivity index (χ0n) is 8.16. The molecule has 0 radical (unpaired) electrons. The second-order valence-corrected chi connectivity index (χ2v) is 3.57. The lowest BCUT2D eigenvalue weighted by Crippen LogP contribution is -1.99. The maximum atomic E-state index is 8.98. The standard InChI is InChI=1S/C10H10BrNO3/c1-14-9-5-7(6-13)4-8(11)10(9)15-3-2-12/h4-5,13H,3,6H2,1H3. The van der Waals surface area contributed by atoms with Crippen LogP contribution in [-0.4, -0.2) is 18.8 Å². The number of halogens is 1. The normalized spacial score (nSPS) is 9.47. The highest BCUT2D eigenvalue weighted by Gasteiger charge is 2.10. The molecule has 0 saturated heterocycles. The Balaban J connectivity index is 3.08. The molecule has 0 aliphatic heterocycles. The van der Waals surface area contributed by atoms with Crippen molar-refractivity contribution >= 4 is 15.9 Å². The van der Waals surface area contributed by atoms with E-state index in [9.17, 15) is 0 Å². The fraction of sp³-hybridized carbons (Fsp3) is 0.300. The first kappa shape index (κ1) is 11.8. The third-order valence-corrected chi connectivity index (χ3v) is 2.34. The molecular weight excluding hydrogens is 262 g/mol.